The van der Waals surface area contributed by atoms with Crippen LogP contribution in [0.25, 0.3) is 0 Å². The van der Waals surface area contributed by atoms with E-state index < -0.39 is 5.97 Å². The minimum absolute atomic E-state index is 0.365. The van der Waals surface area contributed by atoms with E-state index in [2.05, 4.69) is 15.9 Å². The van der Waals surface area contributed by atoms with E-state index in [1.54, 1.807) is 6.07 Å². The molecule has 1 aromatic heterocycles. The third-order valence-corrected chi connectivity index (χ3v) is 4.51. The van der Waals surface area contributed by atoms with Crippen LogP contribution >= 0.6 is 27.3 Å². The highest BCUT2D eigenvalue weighted by Crippen LogP contribution is 2.27. The molecule has 2 rings (SSSR count). The molecule has 5 heteroatoms. The SMILES string of the molecule is CN(Cc1ccccc1Br)c1ccc(C(=O)O)s1. The summed E-state index contributed by atoms with van der Waals surface area (Å²) in [5.41, 5.74) is 1.17. The Labute approximate surface area is 118 Å². The highest BCUT2D eigenvalue weighted by Gasteiger charge is 2.11. The van der Waals surface area contributed by atoms with Crippen LogP contribution in [-0.4, -0.2) is 18.1 Å². The van der Waals surface area contributed by atoms with Gasteiger partial charge >= 0.3 is 5.97 Å². The Bertz CT molecular complexity index is 568. The van der Waals surface area contributed by atoms with E-state index in [9.17, 15) is 4.79 Å². The number of hydrogen-bond acceptors (Lipinski definition) is 3. The molecule has 0 aliphatic heterocycles. The summed E-state index contributed by atoms with van der Waals surface area (Å²) in [4.78, 5) is 13.2. The number of thiophene rings is 1. The lowest BCUT2D eigenvalue weighted by Crippen LogP contribution is -2.15. The van der Waals surface area contributed by atoms with Crippen molar-refractivity contribution in [1.82, 2.24) is 0 Å². The number of carbonyl (C=O) groups is 1. The first kappa shape index (κ1) is 13.1. The molecule has 0 atom stereocenters. The minimum atomic E-state index is -0.874. The van der Waals surface area contributed by atoms with Crippen LogP contribution in [0.4, 0.5) is 5.00 Å². The zero-order valence-corrected chi connectivity index (χ0v) is 12.2. The molecule has 94 valence electrons. The van der Waals surface area contributed by atoms with Crippen molar-refractivity contribution in [2.24, 2.45) is 0 Å². The Morgan fingerprint density at radius 3 is 2.67 bits per heavy atom. The fraction of sp³-hybridized carbons (Fsp3) is 0.154. The first-order valence-corrected chi connectivity index (χ1v) is 6.96. The van der Waals surface area contributed by atoms with E-state index in [1.807, 2.05) is 42.3 Å². The monoisotopic (exact) mass is 325 g/mol. The van der Waals surface area contributed by atoms with E-state index >= 15 is 0 Å². The van der Waals surface area contributed by atoms with Gasteiger partial charge in [-0.15, -0.1) is 11.3 Å². The second-order valence-electron chi connectivity index (χ2n) is 3.89. The van der Waals surface area contributed by atoms with Gasteiger partial charge in [0.25, 0.3) is 0 Å². The van der Waals surface area contributed by atoms with Crippen LogP contribution < -0.4 is 4.90 Å². The number of aromatic carboxylic acids is 1. The zero-order valence-electron chi connectivity index (χ0n) is 9.76. The highest BCUT2D eigenvalue weighted by molar-refractivity contribution is 9.10. The molecule has 1 heterocycles. The molecule has 3 nitrogen and oxygen atoms in total. The average molecular weight is 326 g/mol. The summed E-state index contributed by atoms with van der Waals surface area (Å²) in [6, 6.07) is 11.5. The van der Waals surface area contributed by atoms with Gasteiger partial charge in [0.2, 0.25) is 0 Å². The van der Waals surface area contributed by atoms with Gasteiger partial charge in [0.05, 0.1) is 5.00 Å². The Hall–Kier alpha value is -1.33. The molecule has 0 amide bonds. The van der Waals surface area contributed by atoms with E-state index in [0.29, 0.717) is 4.88 Å². The average Bonchev–Trinajstić information content (AvgIpc) is 2.81. The van der Waals surface area contributed by atoms with Crippen molar-refractivity contribution in [2.75, 3.05) is 11.9 Å². The van der Waals surface area contributed by atoms with Gasteiger partial charge in [-0.2, -0.15) is 0 Å². The largest absolute Gasteiger partial charge is 0.477 e. The van der Waals surface area contributed by atoms with Crippen molar-refractivity contribution in [3.63, 3.8) is 0 Å². The summed E-state index contributed by atoms with van der Waals surface area (Å²) in [5.74, 6) is -0.874. The fourth-order valence-corrected chi connectivity index (χ4v) is 2.82. The summed E-state index contributed by atoms with van der Waals surface area (Å²) >= 11 is 4.79. The molecule has 2 aromatic rings. The third-order valence-electron chi connectivity index (χ3n) is 2.54. The fourth-order valence-electron chi connectivity index (χ4n) is 1.61. The molecule has 0 aliphatic rings. The molecule has 0 spiro atoms. The number of carboxylic acid groups (broad SMARTS) is 1. The standard InChI is InChI=1S/C13H12BrNO2S/c1-15(8-9-4-2-3-5-10(9)14)12-7-6-11(18-12)13(16)17/h2-7H,8H2,1H3,(H,16,17). The number of benzene rings is 1. The number of rotatable bonds is 4. The van der Waals surface area contributed by atoms with Crippen LogP contribution in [0.5, 0.6) is 0 Å². The van der Waals surface area contributed by atoms with E-state index in [4.69, 9.17) is 5.11 Å². The molecular weight excluding hydrogens is 314 g/mol. The molecule has 0 aliphatic carbocycles. The number of hydrogen-bond donors (Lipinski definition) is 1. The third kappa shape index (κ3) is 2.91. The first-order valence-electron chi connectivity index (χ1n) is 5.35. The number of carboxylic acids is 1. The normalized spacial score (nSPS) is 10.3. The number of nitrogens with zero attached hydrogens (tertiary/aromatic N) is 1. The molecule has 0 unspecified atom stereocenters. The van der Waals surface area contributed by atoms with Crippen molar-refractivity contribution in [2.45, 2.75) is 6.54 Å². The van der Waals surface area contributed by atoms with Gasteiger partial charge in [-0.05, 0) is 23.8 Å². The molecule has 0 bridgehead atoms. The van der Waals surface area contributed by atoms with E-state index in [-0.39, 0.29) is 0 Å². The summed E-state index contributed by atoms with van der Waals surface area (Å²) in [6.07, 6.45) is 0. The van der Waals surface area contributed by atoms with Gasteiger partial charge in [-0.3, -0.25) is 0 Å². The molecule has 0 saturated carbocycles. The maximum Gasteiger partial charge on any atom is 0.345 e. The number of anilines is 1. The lowest BCUT2D eigenvalue weighted by atomic mass is 10.2. The van der Waals surface area contributed by atoms with Gasteiger partial charge in [0.1, 0.15) is 4.88 Å². The molecular formula is C13H12BrNO2S. The zero-order chi connectivity index (χ0) is 13.1. The quantitative estimate of drug-likeness (QED) is 0.928. The minimum Gasteiger partial charge on any atom is -0.477 e. The van der Waals surface area contributed by atoms with Gasteiger partial charge < -0.3 is 10.0 Å². The van der Waals surface area contributed by atoms with Crippen LogP contribution in [0.3, 0.4) is 0 Å². The van der Waals surface area contributed by atoms with E-state index in [1.165, 1.54) is 16.9 Å². The van der Waals surface area contributed by atoms with Crippen molar-refractivity contribution >= 4 is 38.2 Å². The lowest BCUT2D eigenvalue weighted by Gasteiger charge is -2.17. The maximum absolute atomic E-state index is 10.8. The second kappa shape index (κ2) is 5.54. The van der Waals surface area contributed by atoms with Crippen molar-refractivity contribution in [3.8, 4) is 0 Å². The lowest BCUT2D eigenvalue weighted by molar-refractivity contribution is 0.0702. The van der Waals surface area contributed by atoms with E-state index in [0.717, 1.165) is 16.0 Å². The maximum atomic E-state index is 10.8. The van der Waals surface area contributed by atoms with Crippen LogP contribution in [0, 0.1) is 0 Å². The van der Waals surface area contributed by atoms with Crippen LogP contribution in [0.1, 0.15) is 15.2 Å². The van der Waals surface area contributed by atoms with Crippen LogP contribution in [0.2, 0.25) is 0 Å². The summed E-state index contributed by atoms with van der Waals surface area (Å²) in [7, 11) is 1.96. The predicted molar refractivity (Wildman–Crippen MR) is 77.5 cm³/mol. The Kier molecular flexibility index (Phi) is 4.04. The first-order chi connectivity index (χ1) is 8.58. The smallest absolute Gasteiger partial charge is 0.345 e. The van der Waals surface area contributed by atoms with Gasteiger partial charge in [0.15, 0.2) is 0 Å². The Morgan fingerprint density at radius 2 is 2.06 bits per heavy atom. The Balaban J connectivity index is 2.14. The molecule has 18 heavy (non-hydrogen) atoms. The molecule has 0 saturated heterocycles. The summed E-state index contributed by atoms with van der Waals surface area (Å²) in [6.45, 7) is 0.737. The molecule has 0 fully saturated rings. The van der Waals surface area contributed by atoms with Crippen LogP contribution in [0.15, 0.2) is 40.9 Å². The van der Waals surface area contributed by atoms with Gasteiger partial charge in [-0.1, -0.05) is 34.1 Å². The van der Waals surface area contributed by atoms with Crippen molar-refractivity contribution in [1.29, 1.82) is 0 Å². The summed E-state index contributed by atoms with van der Waals surface area (Å²) in [5, 5.41) is 9.85. The highest BCUT2D eigenvalue weighted by atomic mass is 79.9. The topological polar surface area (TPSA) is 40.5 Å². The predicted octanol–water partition coefficient (Wildman–Crippen LogP) is 3.85. The second-order valence-corrected chi connectivity index (χ2v) is 5.81. The van der Waals surface area contributed by atoms with Gasteiger partial charge in [-0.25, -0.2) is 4.79 Å². The van der Waals surface area contributed by atoms with Crippen LogP contribution in [-0.2, 0) is 6.54 Å². The molecule has 0 radical (unpaired) electrons. The summed E-state index contributed by atoms with van der Waals surface area (Å²) < 4.78 is 1.06. The van der Waals surface area contributed by atoms with Gasteiger partial charge in [0, 0.05) is 18.1 Å². The Morgan fingerprint density at radius 1 is 1.33 bits per heavy atom. The van der Waals surface area contributed by atoms with Crippen molar-refractivity contribution < 1.29 is 9.90 Å². The number of halogens is 1. The van der Waals surface area contributed by atoms with Crippen molar-refractivity contribution in [3.05, 3.63) is 51.3 Å². The molecule has 1 N–H and O–H groups in total. The molecule has 1 aromatic carbocycles.